The first kappa shape index (κ1) is 20.3. The normalized spacial score (nSPS) is 16.5. The molecular weight excluding hydrogens is 399 g/mol. The number of nitrogens with zero attached hydrogens (tertiary/aromatic N) is 5. The number of benzene rings is 1. The van der Waals surface area contributed by atoms with Crippen LogP contribution in [0.1, 0.15) is 27.8 Å². The third-order valence-corrected chi connectivity index (χ3v) is 4.96. The number of pyridine rings is 1. The van der Waals surface area contributed by atoms with Gasteiger partial charge in [-0.25, -0.2) is 4.68 Å². The molecule has 1 atom stereocenters. The highest BCUT2D eigenvalue weighted by atomic mass is 35.5. The van der Waals surface area contributed by atoms with E-state index in [2.05, 4.69) is 20.6 Å². The zero-order valence-corrected chi connectivity index (χ0v) is 16.8. The van der Waals surface area contributed by atoms with Crippen LogP contribution in [0.25, 0.3) is 5.69 Å². The van der Waals surface area contributed by atoms with Gasteiger partial charge in [-0.05, 0) is 36.8 Å². The third kappa shape index (κ3) is 3.87. The number of nitrogens with one attached hydrogen (secondary N) is 1. The molecule has 1 unspecified atom stereocenters. The van der Waals surface area contributed by atoms with E-state index in [9.17, 15) is 4.79 Å². The van der Waals surface area contributed by atoms with Gasteiger partial charge in [0, 0.05) is 37.1 Å². The fourth-order valence-electron chi connectivity index (χ4n) is 3.33. The Morgan fingerprint density at radius 1 is 1.29 bits per heavy atom. The number of amides is 1. The first-order valence-electron chi connectivity index (χ1n) is 8.75. The molecule has 1 aromatic carbocycles. The lowest BCUT2D eigenvalue weighted by atomic mass is 10.0. The summed E-state index contributed by atoms with van der Waals surface area (Å²) in [6, 6.07) is 11.1. The predicted molar refractivity (Wildman–Crippen MR) is 109 cm³/mol. The SMILES string of the molecule is Cc1c(C(=O)N2CCNCC2c2cccnc2)nnn1-c1cccc(Cl)c1.Cl. The summed E-state index contributed by atoms with van der Waals surface area (Å²) in [5.41, 5.74) is 2.81. The van der Waals surface area contributed by atoms with Crippen LogP contribution in [-0.4, -0.2) is 50.4 Å². The highest BCUT2D eigenvalue weighted by Crippen LogP contribution is 2.24. The molecule has 3 aromatic rings. The van der Waals surface area contributed by atoms with Crippen LogP contribution < -0.4 is 5.32 Å². The number of hydrogen-bond acceptors (Lipinski definition) is 5. The van der Waals surface area contributed by atoms with Gasteiger partial charge in [0.2, 0.25) is 0 Å². The maximum Gasteiger partial charge on any atom is 0.276 e. The summed E-state index contributed by atoms with van der Waals surface area (Å²) in [6.07, 6.45) is 3.53. The molecule has 0 saturated carbocycles. The van der Waals surface area contributed by atoms with Crippen molar-refractivity contribution in [2.45, 2.75) is 13.0 Å². The Labute approximate surface area is 174 Å². The van der Waals surface area contributed by atoms with Gasteiger partial charge in [-0.2, -0.15) is 0 Å². The highest BCUT2D eigenvalue weighted by Gasteiger charge is 2.31. The van der Waals surface area contributed by atoms with Gasteiger partial charge in [-0.1, -0.05) is 28.9 Å². The van der Waals surface area contributed by atoms with E-state index in [4.69, 9.17) is 11.6 Å². The largest absolute Gasteiger partial charge is 0.328 e. The minimum atomic E-state index is -0.129. The van der Waals surface area contributed by atoms with Crippen molar-refractivity contribution in [3.63, 3.8) is 0 Å². The lowest BCUT2D eigenvalue weighted by Gasteiger charge is -2.36. The molecule has 28 heavy (non-hydrogen) atoms. The van der Waals surface area contributed by atoms with E-state index in [0.29, 0.717) is 29.5 Å². The van der Waals surface area contributed by atoms with E-state index < -0.39 is 0 Å². The van der Waals surface area contributed by atoms with Crippen LogP contribution >= 0.6 is 24.0 Å². The van der Waals surface area contributed by atoms with Crippen LogP contribution in [0.15, 0.2) is 48.8 Å². The van der Waals surface area contributed by atoms with Gasteiger partial charge in [0.15, 0.2) is 5.69 Å². The number of halogens is 2. The van der Waals surface area contributed by atoms with Crippen molar-refractivity contribution >= 4 is 29.9 Å². The predicted octanol–water partition coefficient (Wildman–Crippen LogP) is 2.83. The van der Waals surface area contributed by atoms with Crippen molar-refractivity contribution in [1.82, 2.24) is 30.2 Å². The lowest BCUT2D eigenvalue weighted by Crippen LogP contribution is -2.49. The summed E-state index contributed by atoms with van der Waals surface area (Å²) in [6.45, 7) is 3.86. The average Bonchev–Trinajstić information content (AvgIpc) is 3.09. The zero-order chi connectivity index (χ0) is 18.8. The van der Waals surface area contributed by atoms with Crippen LogP contribution in [0.3, 0.4) is 0 Å². The molecule has 7 nitrogen and oxygen atoms in total. The number of hydrogen-bond donors (Lipinski definition) is 1. The van der Waals surface area contributed by atoms with Gasteiger partial charge < -0.3 is 10.2 Å². The Hall–Kier alpha value is -2.48. The summed E-state index contributed by atoms with van der Waals surface area (Å²) < 4.78 is 1.64. The Balaban J connectivity index is 0.00000225. The maximum atomic E-state index is 13.3. The number of carbonyl (C=O) groups excluding carboxylic acids is 1. The Bertz CT molecular complexity index is 962. The van der Waals surface area contributed by atoms with Gasteiger partial charge in [-0.15, -0.1) is 17.5 Å². The zero-order valence-electron chi connectivity index (χ0n) is 15.2. The smallest absolute Gasteiger partial charge is 0.276 e. The first-order valence-corrected chi connectivity index (χ1v) is 9.13. The van der Waals surface area contributed by atoms with Gasteiger partial charge in [0.25, 0.3) is 5.91 Å². The van der Waals surface area contributed by atoms with Gasteiger partial charge in [-0.3, -0.25) is 9.78 Å². The first-order chi connectivity index (χ1) is 13.1. The van der Waals surface area contributed by atoms with Gasteiger partial charge >= 0.3 is 0 Å². The van der Waals surface area contributed by atoms with Crippen LogP contribution in [-0.2, 0) is 0 Å². The van der Waals surface area contributed by atoms with E-state index >= 15 is 0 Å². The molecule has 9 heteroatoms. The molecule has 1 N–H and O–H groups in total. The molecule has 1 amide bonds. The second-order valence-corrected chi connectivity index (χ2v) is 6.86. The molecule has 1 saturated heterocycles. The Kier molecular flexibility index (Phi) is 6.28. The molecule has 0 radical (unpaired) electrons. The quantitative estimate of drug-likeness (QED) is 0.707. The number of aromatic nitrogens is 4. The fourth-order valence-corrected chi connectivity index (χ4v) is 3.52. The molecule has 1 fully saturated rings. The topological polar surface area (TPSA) is 75.9 Å². The lowest BCUT2D eigenvalue weighted by molar-refractivity contribution is 0.0627. The number of rotatable bonds is 3. The van der Waals surface area contributed by atoms with Gasteiger partial charge in [0.1, 0.15) is 0 Å². The standard InChI is InChI=1S/C19H19ClN6O.ClH/c1-13-18(23-24-26(13)16-6-2-5-15(20)10-16)19(27)25-9-8-22-12-17(25)14-4-3-7-21-11-14;/h2-7,10-11,17,22H,8-9,12H2,1H3;1H. The van der Waals surface area contributed by atoms with E-state index in [0.717, 1.165) is 17.8 Å². The van der Waals surface area contributed by atoms with E-state index in [-0.39, 0.29) is 24.4 Å². The maximum absolute atomic E-state index is 13.3. The molecule has 146 valence electrons. The second-order valence-electron chi connectivity index (χ2n) is 6.42. The Morgan fingerprint density at radius 3 is 2.89 bits per heavy atom. The molecular formula is C19H20Cl2N6O. The minimum Gasteiger partial charge on any atom is -0.328 e. The molecule has 4 rings (SSSR count). The summed E-state index contributed by atoms with van der Waals surface area (Å²) >= 11 is 6.08. The van der Waals surface area contributed by atoms with E-state index in [1.54, 1.807) is 29.2 Å². The molecule has 0 spiro atoms. The van der Waals surface area contributed by atoms with Crippen molar-refractivity contribution in [1.29, 1.82) is 0 Å². The van der Waals surface area contributed by atoms with Gasteiger partial charge in [0.05, 0.1) is 17.4 Å². The average molecular weight is 419 g/mol. The number of carbonyl (C=O) groups is 1. The van der Waals surface area contributed by atoms with Crippen molar-refractivity contribution in [2.24, 2.45) is 0 Å². The highest BCUT2D eigenvalue weighted by molar-refractivity contribution is 6.30. The van der Waals surface area contributed by atoms with E-state index in [1.165, 1.54) is 0 Å². The molecule has 1 aliphatic rings. The van der Waals surface area contributed by atoms with Crippen LogP contribution in [0, 0.1) is 6.92 Å². The monoisotopic (exact) mass is 418 g/mol. The van der Waals surface area contributed by atoms with Crippen LogP contribution in [0.4, 0.5) is 0 Å². The van der Waals surface area contributed by atoms with E-state index in [1.807, 2.05) is 36.1 Å². The summed E-state index contributed by atoms with van der Waals surface area (Å²) in [5.74, 6) is -0.129. The fraction of sp³-hybridized carbons (Fsp3) is 0.263. The summed E-state index contributed by atoms with van der Waals surface area (Å²) in [5, 5.41) is 12.3. The molecule has 3 heterocycles. The van der Waals surface area contributed by atoms with Crippen molar-refractivity contribution in [3.8, 4) is 5.69 Å². The number of piperazine rings is 1. The van der Waals surface area contributed by atoms with Crippen LogP contribution in [0.2, 0.25) is 5.02 Å². The molecule has 0 bridgehead atoms. The second kappa shape index (κ2) is 8.68. The van der Waals surface area contributed by atoms with Crippen molar-refractivity contribution in [2.75, 3.05) is 19.6 Å². The molecule has 1 aliphatic heterocycles. The molecule has 2 aromatic heterocycles. The minimum absolute atomic E-state index is 0. The Morgan fingerprint density at radius 2 is 2.14 bits per heavy atom. The van der Waals surface area contributed by atoms with Crippen molar-refractivity contribution < 1.29 is 4.79 Å². The molecule has 0 aliphatic carbocycles. The summed E-state index contributed by atoms with van der Waals surface area (Å²) in [7, 11) is 0. The third-order valence-electron chi connectivity index (χ3n) is 4.72. The van der Waals surface area contributed by atoms with Crippen LogP contribution in [0.5, 0.6) is 0 Å². The van der Waals surface area contributed by atoms with Crippen molar-refractivity contribution in [3.05, 3.63) is 70.8 Å². The summed E-state index contributed by atoms with van der Waals surface area (Å²) in [4.78, 5) is 19.3.